The van der Waals surface area contributed by atoms with Crippen LogP contribution in [-0.2, 0) is 0 Å². The van der Waals surface area contributed by atoms with E-state index in [9.17, 15) is 43.9 Å². The summed E-state index contributed by atoms with van der Waals surface area (Å²) < 4.78 is 149. The number of benzene rings is 3. The Morgan fingerprint density at radius 3 is 1.06 bits per heavy atom. The first-order chi connectivity index (χ1) is 15.0. The van der Waals surface area contributed by atoms with Gasteiger partial charge in [-0.3, -0.25) is 0 Å². The van der Waals surface area contributed by atoms with Gasteiger partial charge in [-0.1, -0.05) is 18.2 Å². The predicted octanol–water partition coefficient (Wildman–Crippen LogP) is 5.60. The van der Waals surface area contributed by atoms with Gasteiger partial charge in [0.25, 0.3) is 0 Å². The normalized spacial score (nSPS) is 10.8. The van der Waals surface area contributed by atoms with Gasteiger partial charge < -0.3 is 14.0 Å². The molecule has 0 atom stereocenters. The van der Waals surface area contributed by atoms with Gasteiger partial charge in [0.1, 0.15) is 5.75 Å². The van der Waals surface area contributed by atoms with Gasteiger partial charge in [0.05, 0.1) is 0 Å². The van der Waals surface area contributed by atoms with Gasteiger partial charge in [-0.15, -0.1) is 0 Å². The van der Waals surface area contributed by atoms with Crippen molar-refractivity contribution in [1.82, 2.24) is 0 Å². The monoisotopic (exact) mass is 470 g/mol. The highest BCUT2D eigenvalue weighted by Crippen LogP contribution is 2.32. The second-order valence-electron chi connectivity index (χ2n) is 5.75. The molecule has 0 bridgehead atoms. The number of hydrogen-bond donors (Lipinski definition) is 0. The van der Waals surface area contributed by atoms with Crippen molar-refractivity contribution >= 4 is 7.32 Å². The van der Waals surface area contributed by atoms with E-state index in [0.29, 0.717) is 0 Å². The summed E-state index contributed by atoms with van der Waals surface area (Å²) >= 11 is 0. The highest BCUT2D eigenvalue weighted by molar-refractivity contribution is 6.39. The maximum Gasteiger partial charge on any atom is 0.864 e. The van der Waals surface area contributed by atoms with E-state index >= 15 is 0 Å². The largest absolute Gasteiger partial charge is 0.864 e. The Morgan fingerprint density at radius 2 is 0.719 bits per heavy atom. The Hall–Kier alpha value is -3.58. The summed E-state index contributed by atoms with van der Waals surface area (Å²) in [5.41, 5.74) is 0. The van der Waals surface area contributed by atoms with E-state index < -0.39 is 77.0 Å². The van der Waals surface area contributed by atoms with E-state index in [4.69, 9.17) is 4.65 Å². The summed E-state index contributed by atoms with van der Waals surface area (Å²) in [6, 6.07) is 6.30. The lowest BCUT2D eigenvalue weighted by Gasteiger charge is -2.18. The fraction of sp³-hybridized carbons (Fsp3) is 0. The van der Waals surface area contributed by atoms with Crippen LogP contribution in [0.4, 0.5) is 43.9 Å². The average Bonchev–Trinajstić information content (AvgIpc) is 2.79. The Labute approximate surface area is 171 Å². The fourth-order valence-electron chi connectivity index (χ4n) is 2.25. The van der Waals surface area contributed by atoms with Crippen molar-refractivity contribution < 1.29 is 57.9 Å². The minimum Gasteiger partial charge on any atom is -0.490 e. The zero-order chi connectivity index (χ0) is 23.7. The molecule has 168 valence electrons. The zero-order valence-electron chi connectivity index (χ0n) is 15.0. The molecule has 0 saturated carbocycles. The third-order valence-corrected chi connectivity index (χ3v) is 3.74. The smallest absolute Gasteiger partial charge is 0.490 e. The lowest BCUT2D eigenvalue weighted by Crippen LogP contribution is -2.38. The highest BCUT2D eigenvalue weighted by Gasteiger charge is 2.39. The van der Waals surface area contributed by atoms with Crippen LogP contribution in [-0.4, -0.2) is 7.32 Å². The van der Waals surface area contributed by atoms with Crippen molar-refractivity contribution in [2.75, 3.05) is 0 Å². The van der Waals surface area contributed by atoms with Crippen LogP contribution < -0.4 is 14.0 Å². The molecule has 3 aromatic rings. The third-order valence-electron chi connectivity index (χ3n) is 3.74. The van der Waals surface area contributed by atoms with Gasteiger partial charge in [0.2, 0.25) is 58.2 Å². The highest BCUT2D eigenvalue weighted by atomic mass is 19.2. The Balaban J connectivity index is 2.08. The second-order valence-corrected chi connectivity index (χ2v) is 5.75. The SMILES string of the molecule is Fc1c(F)c(F)c(OB(Oc2ccccc2)Oc2c(F)c(F)c(F)c(F)c2F)c(F)c1F. The van der Waals surface area contributed by atoms with Crippen LogP contribution in [0.1, 0.15) is 0 Å². The molecule has 0 aliphatic heterocycles. The number of para-hydroxylation sites is 1. The first-order valence-corrected chi connectivity index (χ1v) is 8.12. The minimum atomic E-state index is -2.79. The molecule has 0 amide bonds. The van der Waals surface area contributed by atoms with Crippen molar-refractivity contribution in [1.29, 1.82) is 0 Å². The third kappa shape index (κ3) is 4.12. The Kier molecular flexibility index (Phi) is 6.41. The summed E-state index contributed by atoms with van der Waals surface area (Å²) in [5.74, 6) is -29.3. The molecule has 32 heavy (non-hydrogen) atoms. The summed E-state index contributed by atoms with van der Waals surface area (Å²) in [6.45, 7) is 0. The fourth-order valence-corrected chi connectivity index (χ4v) is 2.25. The maximum absolute atomic E-state index is 13.9. The van der Waals surface area contributed by atoms with Crippen molar-refractivity contribution in [3.8, 4) is 17.2 Å². The van der Waals surface area contributed by atoms with Crippen LogP contribution >= 0.6 is 0 Å². The van der Waals surface area contributed by atoms with Crippen LogP contribution in [0.5, 0.6) is 17.2 Å². The molecule has 0 N–H and O–H groups in total. The van der Waals surface area contributed by atoms with E-state index in [1.807, 2.05) is 0 Å². The van der Waals surface area contributed by atoms with Gasteiger partial charge in [0.15, 0.2) is 11.5 Å². The standard InChI is InChI=1S/C18H5BF10O3/c20-7-9(22)13(26)17(14(27)10(7)23)31-19(30-6-4-2-1-3-5-6)32-18-15(28)11(24)8(21)12(25)16(18)29/h1-5H. The minimum absolute atomic E-state index is 0.315. The van der Waals surface area contributed by atoms with Crippen LogP contribution in [0.2, 0.25) is 0 Å². The summed E-state index contributed by atoms with van der Waals surface area (Å²) in [7, 11) is -2.79. The second kappa shape index (κ2) is 8.89. The lowest BCUT2D eigenvalue weighted by atomic mass is 10.1. The molecule has 0 radical (unpaired) electrons. The van der Waals surface area contributed by atoms with Gasteiger partial charge in [-0.25, -0.2) is 26.3 Å². The molecular weight excluding hydrogens is 465 g/mol. The first kappa shape index (κ1) is 23.1. The van der Waals surface area contributed by atoms with Crippen LogP contribution in [0.25, 0.3) is 0 Å². The molecule has 3 aromatic carbocycles. The van der Waals surface area contributed by atoms with Crippen molar-refractivity contribution in [2.24, 2.45) is 0 Å². The number of rotatable bonds is 6. The molecular formula is C18H5BF10O3. The molecule has 3 nitrogen and oxygen atoms in total. The zero-order valence-corrected chi connectivity index (χ0v) is 15.0. The molecule has 0 saturated heterocycles. The van der Waals surface area contributed by atoms with E-state index in [2.05, 4.69) is 9.31 Å². The molecule has 0 aliphatic carbocycles. The molecule has 14 heteroatoms. The van der Waals surface area contributed by atoms with Crippen molar-refractivity contribution in [3.05, 3.63) is 88.5 Å². The van der Waals surface area contributed by atoms with E-state index in [1.165, 1.54) is 18.2 Å². The topological polar surface area (TPSA) is 27.7 Å². The van der Waals surface area contributed by atoms with Crippen molar-refractivity contribution in [2.45, 2.75) is 0 Å². The van der Waals surface area contributed by atoms with Gasteiger partial charge in [-0.2, -0.15) is 17.6 Å². The van der Waals surface area contributed by atoms with Crippen molar-refractivity contribution in [3.63, 3.8) is 0 Å². The van der Waals surface area contributed by atoms with E-state index in [1.54, 1.807) is 0 Å². The molecule has 0 fully saturated rings. The molecule has 0 spiro atoms. The predicted molar refractivity (Wildman–Crippen MR) is 86.5 cm³/mol. The van der Waals surface area contributed by atoms with Gasteiger partial charge >= 0.3 is 7.32 Å². The van der Waals surface area contributed by atoms with Crippen LogP contribution in [0.3, 0.4) is 0 Å². The Morgan fingerprint density at radius 1 is 0.406 bits per heavy atom. The number of halogens is 10. The van der Waals surface area contributed by atoms with Gasteiger partial charge in [-0.05, 0) is 12.1 Å². The first-order valence-electron chi connectivity index (χ1n) is 8.12. The summed E-state index contributed by atoms with van der Waals surface area (Å²) in [4.78, 5) is 0. The molecule has 0 aliphatic rings. The maximum atomic E-state index is 13.9. The molecule has 0 heterocycles. The Bertz CT molecular complexity index is 1050. The quantitative estimate of drug-likeness (QED) is 0.203. The summed E-state index contributed by atoms with van der Waals surface area (Å²) in [6.07, 6.45) is 0. The summed E-state index contributed by atoms with van der Waals surface area (Å²) in [5, 5.41) is 0. The van der Waals surface area contributed by atoms with Crippen LogP contribution in [0.15, 0.2) is 30.3 Å². The average molecular weight is 470 g/mol. The molecule has 0 aromatic heterocycles. The molecule has 0 unspecified atom stereocenters. The van der Waals surface area contributed by atoms with E-state index in [0.717, 1.165) is 12.1 Å². The van der Waals surface area contributed by atoms with E-state index in [-0.39, 0.29) is 5.75 Å². The van der Waals surface area contributed by atoms with Gasteiger partial charge in [0, 0.05) is 0 Å². The lowest BCUT2D eigenvalue weighted by molar-refractivity contribution is 0.260. The van der Waals surface area contributed by atoms with Crippen LogP contribution in [0, 0.1) is 58.2 Å². The molecule has 3 rings (SSSR count). The number of hydrogen-bond acceptors (Lipinski definition) is 3.